The molecular formula is C16H18N4. The smallest absolute Gasteiger partial charge is 0.0761 e. The van der Waals surface area contributed by atoms with Gasteiger partial charge in [0.05, 0.1) is 22.6 Å². The first kappa shape index (κ1) is 12.8. The molecule has 0 aliphatic carbocycles. The highest BCUT2D eigenvalue weighted by Gasteiger charge is 2.10. The summed E-state index contributed by atoms with van der Waals surface area (Å²) in [6, 6.07) is 12.4. The van der Waals surface area contributed by atoms with Crippen molar-refractivity contribution in [3.05, 3.63) is 53.5 Å². The lowest BCUT2D eigenvalue weighted by Gasteiger charge is -2.11. The first-order valence-electron chi connectivity index (χ1n) is 6.76. The largest absolute Gasteiger partial charge is 0.314 e. The number of nitrogens with one attached hydrogen (secondary N) is 1. The zero-order valence-electron chi connectivity index (χ0n) is 12.0. The fraction of sp³-hybridized carbons (Fsp3) is 0.250. The molecule has 2 heterocycles. The Hall–Kier alpha value is -2.20. The molecule has 3 rings (SSSR count). The molecule has 0 radical (unpaired) electrons. The van der Waals surface area contributed by atoms with Crippen LogP contribution in [0.5, 0.6) is 0 Å². The van der Waals surface area contributed by atoms with Crippen LogP contribution in [0.2, 0.25) is 0 Å². The minimum Gasteiger partial charge on any atom is -0.314 e. The molecule has 0 bridgehead atoms. The first-order chi connectivity index (χ1) is 9.69. The van der Waals surface area contributed by atoms with Gasteiger partial charge in [0.25, 0.3) is 0 Å². The van der Waals surface area contributed by atoms with Gasteiger partial charge in [-0.05, 0) is 39.1 Å². The quantitative estimate of drug-likeness (QED) is 0.792. The molecule has 0 unspecified atom stereocenters. The van der Waals surface area contributed by atoms with E-state index in [0.717, 1.165) is 40.2 Å². The van der Waals surface area contributed by atoms with Crippen molar-refractivity contribution in [2.45, 2.75) is 20.4 Å². The van der Waals surface area contributed by atoms with Crippen LogP contribution in [0.15, 0.2) is 36.4 Å². The van der Waals surface area contributed by atoms with Gasteiger partial charge in [0.15, 0.2) is 0 Å². The van der Waals surface area contributed by atoms with Crippen LogP contribution in [0.4, 0.5) is 0 Å². The van der Waals surface area contributed by atoms with Gasteiger partial charge in [-0.1, -0.05) is 18.2 Å². The molecule has 0 amide bonds. The molecule has 4 heteroatoms. The van der Waals surface area contributed by atoms with Crippen molar-refractivity contribution in [2.75, 3.05) is 7.05 Å². The number of aromatic nitrogens is 3. The summed E-state index contributed by atoms with van der Waals surface area (Å²) in [6.45, 7) is 4.84. The second kappa shape index (κ2) is 5.06. The Morgan fingerprint density at radius 3 is 2.65 bits per heavy atom. The standard InChI is InChI=1S/C16H18N4/c1-11-8-12(2)20(19-11)16-9-13(10-17-3)18-15-7-5-4-6-14(15)16/h4-9,17H,10H2,1-3H3. The maximum Gasteiger partial charge on any atom is 0.0761 e. The lowest BCUT2D eigenvalue weighted by atomic mass is 10.1. The summed E-state index contributed by atoms with van der Waals surface area (Å²) < 4.78 is 2.00. The maximum atomic E-state index is 4.68. The Labute approximate surface area is 118 Å². The van der Waals surface area contributed by atoms with Crippen LogP contribution in [-0.2, 0) is 6.54 Å². The molecule has 0 fully saturated rings. The lowest BCUT2D eigenvalue weighted by molar-refractivity contribution is 0.786. The van der Waals surface area contributed by atoms with Crippen molar-refractivity contribution in [1.29, 1.82) is 0 Å². The fourth-order valence-electron chi connectivity index (χ4n) is 2.53. The van der Waals surface area contributed by atoms with Crippen LogP contribution in [-0.4, -0.2) is 21.8 Å². The Morgan fingerprint density at radius 1 is 1.15 bits per heavy atom. The van der Waals surface area contributed by atoms with Gasteiger partial charge in [-0.15, -0.1) is 0 Å². The van der Waals surface area contributed by atoms with E-state index in [4.69, 9.17) is 0 Å². The zero-order valence-corrected chi connectivity index (χ0v) is 12.0. The number of hydrogen-bond acceptors (Lipinski definition) is 3. The Morgan fingerprint density at radius 2 is 1.95 bits per heavy atom. The average Bonchev–Trinajstić information content (AvgIpc) is 2.77. The van der Waals surface area contributed by atoms with Crippen molar-refractivity contribution in [2.24, 2.45) is 0 Å². The minimum absolute atomic E-state index is 0.747. The third kappa shape index (κ3) is 2.18. The topological polar surface area (TPSA) is 42.7 Å². The van der Waals surface area contributed by atoms with Crippen LogP contribution in [0.3, 0.4) is 0 Å². The van der Waals surface area contributed by atoms with Gasteiger partial charge in [0.2, 0.25) is 0 Å². The number of fused-ring (bicyclic) bond motifs is 1. The van der Waals surface area contributed by atoms with Crippen molar-refractivity contribution in [3.8, 4) is 5.69 Å². The van der Waals surface area contributed by atoms with E-state index in [1.54, 1.807) is 0 Å². The van der Waals surface area contributed by atoms with Gasteiger partial charge >= 0.3 is 0 Å². The third-order valence-corrected chi connectivity index (χ3v) is 3.34. The molecule has 0 atom stereocenters. The molecule has 1 aromatic carbocycles. The summed E-state index contributed by atoms with van der Waals surface area (Å²) in [5, 5.41) is 8.88. The zero-order chi connectivity index (χ0) is 14.1. The normalized spacial score (nSPS) is 11.2. The Kier molecular flexibility index (Phi) is 3.24. The molecule has 0 saturated carbocycles. The fourth-order valence-corrected chi connectivity index (χ4v) is 2.53. The number of benzene rings is 1. The molecule has 102 valence electrons. The van der Waals surface area contributed by atoms with Gasteiger partial charge < -0.3 is 5.32 Å². The second-order valence-corrected chi connectivity index (χ2v) is 5.02. The predicted molar refractivity (Wildman–Crippen MR) is 81.1 cm³/mol. The summed E-state index contributed by atoms with van der Waals surface area (Å²) in [4.78, 5) is 4.68. The van der Waals surface area contributed by atoms with E-state index in [1.165, 1.54) is 0 Å². The van der Waals surface area contributed by atoms with Crippen LogP contribution in [0.1, 0.15) is 17.1 Å². The number of nitrogens with zero attached hydrogens (tertiary/aromatic N) is 3. The number of hydrogen-bond donors (Lipinski definition) is 1. The summed E-state index contributed by atoms with van der Waals surface area (Å²) in [6.07, 6.45) is 0. The minimum atomic E-state index is 0.747. The van der Waals surface area contributed by atoms with Crippen LogP contribution in [0.25, 0.3) is 16.6 Å². The highest BCUT2D eigenvalue weighted by Crippen LogP contribution is 2.23. The van der Waals surface area contributed by atoms with E-state index in [0.29, 0.717) is 0 Å². The molecular weight excluding hydrogens is 248 g/mol. The highest BCUT2D eigenvalue weighted by atomic mass is 15.3. The number of para-hydroxylation sites is 1. The molecule has 0 aliphatic rings. The van der Waals surface area contributed by atoms with Crippen molar-refractivity contribution in [1.82, 2.24) is 20.1 Å². The predicted octanol–water partition coefficient (Wildman–Crippen LogP) is 2.76. The van der Waals surface area contributed by atoms with Gasteiger partial charge in [-0.2, -0.15) is 5.10 Å². The lowest BCUT2D eigenvalue weighted by Crippen LogP contribution is -2.09. The monoisotopic (exact) mass is 266 g/mol. The molecule has 0 saturated heterocycles. The highest BCUT2D eigenvalue weighted by molar-refractivity contribution is 5.87. The van der Waals surface area contributed by atoms with E-state index in [-0.39, 0.29) is 0 Å². The molecule has 1 N–H and O–H groups in total. The van der Waals surface area contributed by atoms with Crippen LogP contribution < -0.4 is 5.32 Å². The number of rotatable bonds is 3. The third-order valence-electron chi connectivity index (χ3n) is 3.34. The maximum absolute atomic E-state index is 4.68. The molecule has 2 aromatic heterocycles. The van der Waals surface area contributed by atoms with Crippen molar-refractivity contribution >= 4 is 10.9 Å². The van der Waals surface area contributed by atoms with Gasteiger partial charge in [0.1, 0.15) is 0 Å². The number of pyridine rings is 1. The Bertz CT molecular complexity index is 758. The molecule has 3 aromatic rings. The van der Waals surface area contributed by atoms with E-state index < -0.39 is 0 Å². The van der Waals surface area contributed by atoms with Gasteiger partial charge in [0, 0.05) is 17.6 Å². The molecule has 20 heavy (non-hydrogen) atoms. The summed E-state index contributed by atoms with van der Waals surface area (Å²) in [5.74, 6) is 0. The van der Waals surface area contributed by atoms with Crippen LogP contribution in [0, 0.1) is 13.8 Å². The molecule has 4 nitrogen and oxygen atoms in total. The SMILES string of the molecule is CNCc1cc(-n2nc(C)cc2C)c2ccccc2n1. The average molecular weight is 266 g/mol. The van der Waals surface area contributed by atoms with E-state index >= 15 is 0 Å². The summed E-state index contributed by atoms with van der Waals surface area (Å²) in [5.41, 5.74) is 5.27. The van der Waals surface area contributed by atoms with Crippen molar-refractivity contribution < 1.29 is 0 Å². The van der Waals surface area contributed by atoms with Gasteiger partial charge in [-0.25, -0.2) is 4.68 Å². The van der Waals surface area contributed by atoms with Crippen molar-refractivity contribution in [3.63, 3.8) is 0 Å². The molecule has 0 spiro atoms. The van der Waals surface area contributed by atoms with Crippen LogP contribution >= 0.6 is 0 Å². The van der Waals surface area contributed by atoms with E-state index in [2.05, 4.69) is 40.5 Å². The first-order valence-corrected chi connectivity index (χ1v) is 6.76. The Balaban J connectivity index is 2.29. The number of aryl methyl sites for hydroxylation is 2. The molecule has 0 aliphatic heterocycles. The van der Waals surface area contributed by atoms with Gasteiger partial charge in [-0.3, -0.25) is 4.98 Å². The van der Waals surface area contributed by atoms with E-state index in [9.17, 15) is 0 Å². The summed E-state index contributed by atoms with van der Waals surface area (Å²) >= 11 is 0. The van der Waals surface area contributed by atoms with E-state index in [1.807, 2.05) is 36.9 Å². The second-order valence-electron chi connectivity index (χ2n) is 5.02. The summed E-state index contributed by atoms with van der Waals surface area (Å²) in [7, 11) is 1.93.